The van der Waals surface area contributed by atoms with E-state index < -0.39 is 6.10 Å². The number of guanidine groups is 1. The summed E-state index contributed by atoms with van der Waals surface area (Å²) in [4.78, 5) is 19.2. The molecule has 1 aromatic rings. The number of amides is 1. The lowest BCUT2D eigenvalue weighted by molar-refractivity contribution is -0.134. The summed E-state index contributed by atoms with van der Waals surface area (Å²) in [6, 6.07) is 8.10. The molecule has 1 heterocycles. The van der Waals surface area contributed by atoms with Gasteiger partial charge in [-0.1, -0.05) is 42.7 Å². The van der Waals surface area contributed by atoms with Gasteiger partial charge in [-0.3, -0.25) is 9.79 Å². The van der Waals surface area contributed by atoms with Crippen molar-refractivity contribution < 1.29 is 9.90 Å². The summed E-state index contributed by atoms with van der Waals surface area (Å²) in [6.45, 7) is 6.67. The monoisotopic (exact) mass is 386 g/mol. The van der Waals surface area contributed by atoms with Crippen LogP contribution in [0, 0.1) is 12.8 Å². The molecule has 2 aliphatic rings. The highest BCUT2D eigenvalue weighted by Gasteiger charge is 2.32. The SMILES string of the molecule is CCNC(=NCC(O)c1ccc(C)cc1)NC1CCN(C(=O)C2CCCC2)C1. The number of aliphatic hydroxyl groups is 1. The fraction of sp³-hybridized carbons (Fsp3) is 0.636. The van der Waals surface area contributed by atoms with E-state index in [9.17, 15) is 9.90 Å². The number of hydrogen-bond acceptors (Lipinski definition) is 3. The fourth-order valence-corrected chi connectivity index (χ4v) is 4.09. The van der Waals surface area contributed by atoms with E-state index in [0.29, 0.717) is 18.4 Å². The maximum atomic E-state index is 12.6. The molecule has 1 saturated heterocycles. The first-order chi connectivity index (χ1) is 13.6. The normalized spacial score (nSPS) is 21.8. The molecule has 1 aliphatic heterocycles. The Morgan fingerprint density at radius 3 is 2.64 bits per heavy atom. The number of aryl methyl sites for hydroxylation is 1. The summed E-state index contributed by atoms with van der Waals surface area (Å²) in [6.07, 6.45) is 4.78. The molecule has 0 bridgehead atoms. The van der Waals surface area contributed by atoms with Gasteiger partial charge in [0.1, 0.15) is 0 Å². The van der Waals surface area contributed by atoms with Crippen molar-refractivity contribution >= 4 is 11.9 Å². The van der Waals surface area contributed by atoms with Crippen molar-refractivity contribution in [2.75, 3.05) is 26.2 Å². The zero-order valence-electron chi connectivity index (χ0n) is 17.2. The van der Waals surface area contributed by atoms with E-state index in [2.05, 4.69) is 15.6 Å². The molecule has 0 spiro atoms. The Kier molecular flexibility index (Phi) is 7.31. The van der Waals surface area contributed by atoms with Crippen LogP contribution < -0.4 is 10.6 Å². The van der Waals surface area contributed by atoms with Gasteiger partial charge in [0.05, 0.1) is 12.6 Å². The Morgan fingerprint density at radius 2 is 1.96 bits per heavy atom. The highest BCUT2D eigenvalue weighted by molar-refractivity contribution is 5.81. The van der Waals surface area contributed by atoms with Crippen LogP contribution >= 0.6 is 0 Å². The number of aliphatic hydroxyl groups excluding tert-OH is 1. The zero-order chi connectivity index (χ0) is 19.9. The summed E-state index contributed by atoms with van der Waals surface area (Å²) >= 11 is 0. The van der Waals surface area contributed by atoms with Gasteiger partial charge in [-0.2, -0.15) is 0 Å². The summed E-state index contributed by atoms with van der Waals surface area (Å²) in [5.74, 6) is 1.28. The first-order valence-electron chi connectivity index (χ1n) is 10.6. The van der Waals surface area contributed by atoms with Gasteiger partial charge in [-0.15, -0.1) is 0 Å². The molecule has 1 amide bonds. The second-order valence-electron chi connectivity index (χ2n) is 8.04. The number of hydrogen-bond donors (Lipinski definition) is 3. The fourth-order valence-electron chi connectivity index (χ4n) is 4.09. The number of rotatable bonds is 6. The van der Waals surface area contributed by atoms with Crippen molar-refractivity contribution in [2.45, 2.75) is 58.1 Å². The average Bonchev–Trinajstić information content (AvgIpc) is 3.38. The van der Waals surface area contributed by atoms with E-state index in [0.717, 1.165) is 44.5 Å². The maximum Gasteiger partial charge on any atom is 0.225 e. The van der Waals surface area contributed by atoms with Crippen LogP contribution in [0.1, 0.15) is 56.3 Å². The number of carbonyl (C=O) groups is 1. The molecule has 2 fully saturated rings. The van der Waals surface area contributed by atoms with Crippen molar-refractivity contribution in [3.63, 3.8) is 0 Å². The van der Waals surface area contributed by atoms with E-state index >= 15 is 0 Å². The Hall–Kier alpha value is -2.08. The number of aliphatic imine (C=N–C) groups is 1. The van der Waals surface area contributed by atoms with E-state index in [1.54, 1.807) is 0 Å². The lowest BCUT2D eigenvalue weighted by Gasteiger charge is -2.21. The van der Waals surface area contributed by atoms with Crippen LogP contribution in [0.2, 0.25) is 0 Å². The number of nitrogens with zero attached hydrogens (tertiary/aromatic N) is 2. The van der Waals surface area contributed by atoms with Gasteiger partial charge in [0.15, 0.2) is 5.96 Å². The van der Waals surface area contributed by atoms with Crippen molar-refractivity contribution in [3.05, 3.63) is 35.4 Å². The third-order valence-electron chi connectivity index (χ3n) is 5.77. The summed E-state index contributed by atoms with van der Waals surface area (Å²) < 4.78 is 0. The largest absolute Gasteiger partial charge is 0.386 e. The van der Waals surface area contributed by atoms with Crippen LogP contribution in [0.5, 0.6) is 0 Å². The molecule has 3 N–H and O–H groups in total. The Bertz CT molecular complexity index is 668. The molecule has 0 aromatic heterocycles. The van der Waals surface area contributed by atoms with Crippen molar-refractivity contribution in [1.29, 1.82) is 0 Å². The minimum absolute atomic E-state index is 0.208. The molecular weight excluding hydrogens is 352 g/mol. The Morgan fingerprint density at radius 1 is 1.25 bits per heavy atom. The van der Waals surface area contributed by atoms with Crippen LogP contribution in [0.25, 0.3) is 0 Å². The first kappa shape index (κ1) is 20.6. The maximum absolute atomic E-state index is 12.6. The van der Waals surface area contributed by atoms with Gasteiger partial charge < -0.3 is 20.6 Å². The van der Waals surface area contributed by atoms with Gasteiger partial charge in [0.2, 0.25) is 5.91 Å². The van der Waals surface area contributed by atoms with Gasteiger partial charge >= 0.3 is 0 Å². The standard InChI is InChI=1S/C22H34N4O2/c1-3-23-22(24-14-20(27)17-10-8-16(2)9-11-17)25-19-12-13-26(15-19)21(28)18-6-4-5-7-18/h8-11,18-20,27H,3-7,12-15H2,1-2H3,(H2,23,24,25). The molecule has 3 rings (SSSR count). The molecule has 1 aliphatic carbocycles. The highest BCUT2D eigenvalue weighted by atomic mass is 16.3. The smallest absolute Gasteiger partial charge is 0.225 e. The minimum atomic E-state index is -0.625. The molecule has 1 saturated carbocycles. The van der Waals surface area contributed by atoms with Crippen molar-refractivity contribution in [3.8, 4) is 0 Å². The molecular formula is C22H34N4O2. The predicted octanol–water partition coefficient (Wildman–Crippen LogP) is 2.37. The molecule has 1 aromatic carbocycles. The van der Waals surface area contributed by atoms with Crippen LogP contribution in [-0.2, 0) is 4.79 Å². The van der Waals surface area contributed by atoms with Gasteiger partial charge in [-0.05, 0) is 38.7 Å². The highest BCUT2D eigenvalue weighted by Crippen LogP contribution is 2.27. The van der Waals surface area contributed by atoms with Gasteiger partial charge in [-0.25, -0.2) is 0 Å². The number of likely N-dealkylation sites (tertiary alicyclic amines) is 1. The van der Waals surface area contributed by atoms with Crippen LogP contribution in [0.3, 0.4) is 0 Å². The third-order valence-corrected chi connectivity index (χ3v) is 5.77. The van der Waals surface area contributed by atoms with Crippen molar-refractivity contribution in [1.82, 2.24) is 15.5 Å². The number of nitrogens with one attached hydrogen (secondary N) is 2. The first-order valence-corrected chi connectivity index (χ1v) is 10.6. The summed E-state index contributed by atoms with van der Waals surface area (Å²) in [7, 11) is 0. The molecule has 0 radical (unpaired) electrons. The van der Waals surface area contributed by atoms with E-state index in [4.69, 9.17) is 0 Å². The number of carbonyl (C=O) groups excluding carboxylic acids is 1. The lowest BCUT2D eigenvalue weighted by atomic mass is 10.1. The van der Waals surface area contributed by atoms with Gasteiger partial charge in [0, 0.05) is 31.6 Å². The van der Waals surface area contributed by atoms with E-state index in [1.807, 2.05) is 43.0 Å². The molecule has 6 nitrogen and oxygen atoms in total. The molecule has 2 atom stereocenters. The number of benzene rings is 1. The van der Waals surface area contributed by atoms with Crippen LogP contribution in [-0.4, -0.2) is 54.1 Å². The second-order valence-corrected chi connectivity index (χ2v) is 8.04. The molecule has 6 heteroatoms. The summed E-state index contributed by atoms with van der Waals surface area (Å²) in [5, 5.41) is 17.1. The second kappa shape index (κ2) is 9.92. The molecule has 2 unspecified atom stereocenters. The van der Waals surface area contributed by atoms with Crippen molar-refractivity contribution in [2.24, 2.45) is 10.9 Å². The molecule has 154 valence electrons. The predicted molar refractivity (Wildman–Crippen MR) is 112 cm³/mol. The quantitative estimate of drug-likeness (QED) is 0.518. The Labute approximate surface area is 168 Å². The zero-order valence-corrected chi connectivity index (χ0v) is 17.2. The summed E-state index contributed by atoms with van der Waals surface area (Å²) in [5.41, 5.74) is 2.05. The van der Waals surface area contributed by atoms with Crippen LogP contribution in [0.15, 0.2) is 29.3 Å². The average molecular weight is 387 g/mol. The third kappa shape index (κ3) is 5.47. The molecule has 28 heavy (non-hydrogen) atoms. The van der Waals surface area contributed by atoms with Crippen LogP contribution in [0.4, 0.5) is 0 Å². The van der Waals surface area contributed by atoms with E-state index in [-0.39, 0.29) is 12.0 Å². The minimum Gasteiger partial charge on any atom is -0.386 e. The Balaban J connectivity index is 1.53. The van der Waals surface area contributed by atoms with E-state index in [1.165, 1.54) is 18.4 Å². The van der Waals surface area contributed by atoms with Gasteiger partial charge in [0.25, 0.3) is 0 Å². The lowest BCUT2D eigenvalue weighted by Crippen LogP contribution is -2.45. The topological polar surface area (TPSA) is 77.0 Å².